The Labute approximate surface area is 248 Å². The van der Waals surface area contributed by atoms with E-state index in [1.165, 1.54) is 70.8 Å². The Kier molecular flexibility index (Phi) is 10.7. The maximum Gasteiger partial charge on any atom is 0.420 e. The number of sulfonamides is 1. The third-order valence-electron chi connectivity index (χ3n) is 5.52. The predicted molar refractivity (Wildman–Crippen MR) is 153 cm³/mol. The first-order chi connectivity index (χ1) is 19.4. The normalized spacial score (nSPS) is 11.1. The summed E-state index contributed by atoms with van der Waals surface area (Å²) in [5.74, 6) is 0.337. The van der Waals surface area contributed by atoms with Gasteiger partial charge in [0.2, 0.25) is 10.0 Å². The Balaban J connectivity index is 1.96. The molecule has 0 atom stereocenters. The van der Waals surface area contributed by atoms with Crippen molar-refractivity contribution in [2.24, 2.45) is 0 Å². The fourth-order valence-corrected chi connectivity index (χ4v) is 4.96. The van der Waals surface area contributed by atoms with Crippen molar-refractivity contribution in [1.82, 2.24) is 4.31 Å². The molecule has 0 radical (unpaired) electrons. The highest BCUT2D eigenvalue weighted by molar-refractivity contribution is 7.89. The zero-order chi connectivity index (χ0) is 30.3. The minimum atomic E-state index is -3.87. The van der Waals surface area contributed by atoms with Crippen molar-refractivity contribution in [3.8, 4) is 28.7 Å². The van der Waals surface area contributed by atoms with Crippen LogP contribution >= 0.6 is 23.2 Å². The summed E-state index contributed by atoms with van der Waals surface area (Å²) in [5, 5.41) is -0.238. The summed E-state index contributed by atoms with van der Waals surface area (Å²) in [6, 6.07) is 13.3. The molecule has 220 valence electrons. The van der Waals surface area contributed by atoms with E-state index in [2.05, 4.69) is 0 Å². The molecule has 14 heteroatoms. The average Bonchev–Trinajstić information content (AvgIpc) is 2.95. The van der Waals surface area contributed by atoms with E-state index in [-0.39, 0.29) is 50.2 Å². The number of hydrogen-bond donors (Lipinski definition) is 0. The molecule has 0 heterocycles. The highest BCUT2D eigenvalue weighted by atomic mass is 35.5. The lowest BCUT2D eigenvalue weighted by Crippen LogP contribution is -2.38. The number of rotatable bonds is 11. The van der Waals surface area contributed by atoms with Gasteiger partial charge in [-0.3, -0.25) is 9.69 Å². The van der Waals surface area contributed by atoms with Gasteiger partial charge in [0.05, 0.1) is 31.5 Å². The molecule has 0 aromatic heterocycles. The monoisotopic (exact) mass is 626 g/mol. The lowest BCUT2D eigenvalue weighted by molar-refractivity contribution is -0.141. The third-order valence-corrected chi connectivity index (χ3v) is 8.21. The molecule has 41 heavy (non-hydrogen) atoms. The number of carbonyl (C=O) groups is 2. The number of anilines is 1. The summed E-state index contributed by atoms with van der Waals surface area (Å²) in [5.41, 5.74) is 0.0428. The van der Waals surface area contributed by atoms with E-state index in [0.29, 0.717) is 5.75 Å². The Morgan fingerprint density at radius 3 is 2.02 bits per heavy atom. The molecule has 3 aromatic rings. The van der Waals surface area contributed by atoms with E-state index in [1.54, 1.807) is 19.1 Å². The number of benzene rings is 3. The van der Waals surface area contributed by atoms with Crippen LogP contribution in [0, 0.1) is 0 Å². The van der Waals surface area contributed by atoms with Crippen molar-refractivity contribution in [3.63, 3.8) is 0 Å². The number of carbonyl (C=O) groups excluding carboxylic acids is 2. The summed E-state index contributed by atoms with van der Waals surface area (Å²) in [6.07, 6.45) is -0.927. The van der Waals surface area contributed by atoms with Crippen molar-refractivity contribution >= 4 is 51.0 Å². The largest absolute Gasteiger partial charge is 0.497 e. The van der Waals surface area contributed by atoms with Crippen LogP contribution in [-0.2, 0) is 19.6 Å². The molecule has 3 aromatic carbocycles. The molecular weight excluding hydrogens is 599 g/mol. The molecule has 0 saturated carbocycles. The fourth-order valence-electron chi connectivity index (χ4n) is 3.44. The van der Waals surface area contributed by atoms with Crippen LogP contribution in [0.1, 0.15) is 6.92 Å². The van der Waals surface area contributed by atoms with Crippen LogP contribution in [0.15, 0.2) is 59.5 Å². The van der Waals surface area contributed by atoms with Crippen molar-refractivity contribution in [3.05, 3.63) is 64.6 Å². The summed E-state index contributed by atoms with van der Waals surface area (Å²) in [6.45, 7) is 1.19. The van der Waals surface area contributed by atoms with E-state index in [9.17, 15) is 18.0 Å². The number of amides is 1. The summed E-state index contributed by atoms with van der Waals surface area (Å²) in [4.78, 5) is 26.3. The summed E-state index contributed by atoms with van der Waals surface area (Å²) in [7, 11) is 1.76. The van der Waals surface area contributed by atoms with Crippen LogP contribution in [-0.4, -0.2) is 66.3 Å². The lowest BCUT2D eigenvalue weighted by Gasteiger charge is -2.23. The molecule has 0 unspecified atom stereocenters. The van der Waals surface area contributed by atoms with Crippen LogP contribution < -0.4 is 23.8 Å². The zero-order valence-corrected chi connectivity index (χ0v) is 25.2. The Bertz CT molecular complexity index is 1510. The Morgan fingerprint density at radius 1 is 0.829 bits per heavy atom. The van der Waals surface area contributed by atoms with Gasteiger partial charge in [0.15, 0.2) is 0 Å². The van der Waals surface area contributed by atoms with Crippen molar-refractivity contribution in [2.75, 3.05) is 46.4 Å². The maximum atomic E-state index is 13.2. The standard InChI is InChI=1S/C27H28Cl2N2O9S/c1-6-38-24(32)16-31(27(33)40-18-9-7-17(36-4)8-10-18)20-12-14-22(26(29)25(20)28)39-19-11-13-21(37-5)23(15-19)41(34,35)30(2)3/h7-15H,6,16H2,1-5H3. The lowest BCUT2D eigenvalue weighted by atomic mass is 10.2. The van der Waals surface area contributed by atoms with Gasteiger partial charge in [0, 0.05) is 20.2 Å². The van der Waals surface area contributed by atoms with Gasteiger partial charge in [-0.1, -0.05) is 23.2 Å². The number of ether oxygens (including phenoxy) is 5. The van der Waals surface area contributed by atoms with Gasteiger partial charge in [-0.15, -0.1) is 0 Å². The van der Waals surface area contributed by atoms with Gasteiger partial charge >= 0.3 is 12.1 Å². The second kappa shape index (κ2) is 13.8. The van der Waals surface area contributed by atoms with Crippen LogP contribution in [0.25, 0.3) is 0 Å². The van der Waals surface area contributed by atoms with E-state index in [1.807, 2.05) is 0 Å². The molecule has 3 rings (SSSR count). The zero-order valence-electron chi connectivity index (χ0n) is 22.8. The molecule has 0 bridgehead atoms. The van der Waals surface area contributed by atoms with Gasteiger partial charge in [0.1, 0.15) is 45.2 Å². The predicted octanol–water partition coefficient (Wildman–Crippen LogP) is 5.62. The van der Waals surface area contributed by atoms with E-state index < -0.39 is 28.6 Å². The topological polar surface area (TPSA) is 121 Å². The first-order valence-electron chi connectivity index (χ1n) is 12.0. The van der Waals surface area contributed by atoms with Crippen molar-refractivity contribution in [2.45, 2.75) is 11.8 Å². The fraction of sp³-hybridized carbons (Fsp3) is 0.259. The van der Waals surface area contributed by atoms with Gasteiger partial charge in [0.25, 0.3) is 0 Å². The summed E-state index contributed by atoms with van der Waals surface area (Å²) >= 11 is 13.1. The van der Waals surface area contributed by atoms with Crippen molar-refractivity contribution < 1.29 is 41.7 Å². The highest BCUT2D eigenvalue weighted by Crippen LogP contribution is 2.42. The molecule has 0 saturated heterocycles. The maximum absolute atomic E-state index is 13.2. The number of esters is 1. The van der Waals surface area contributed by atoms with E-state index in [4.69, 9.17) is 46.9 Å². The van der Waals surface area contributed by atoms with Gasteiger partial charge < -0.3 is 23.7 Å². The number of hydrogen-bond acceptors (Lipinski definition) is 9. The molecule has 0 N–H and O–H groups in total. The van der Waals surface area contributed by atoms with Crippen molar-refractivity contribution in [1.29, 1.82) is 0 Å². The smallest absolute Gasteiger partial charge is 0.420 e. The van der Waals surface area contributed by atoms with Crippen LogP contribution in [0.2, 0.25) is 10.0 Å². The molecule has 0 aliphatic heterocycles. The van der Waals surface area contributed by atoms with Crippen LogP contribution in [0.3, 0.4) is 0 Å². The molecular formula is C27H28Cl2N2O9S. The number of nitrogens with zero attached hydrogens (tertiary/aromatic N) is 2. The average molecular weight is 627 g/mol. The number of methoxy groups -OCH3 is 2. The molecule has 0 aliphatic rings. The van der Waals surface area contributed by atoms with Gasteiger partial charge in [-0.2, -0.15) is 0 Å². The highest BCUT2D eigenvalue weighted by Gasteiger charge is 2.27. The van der Waals surface area contributed by atoms with Crippen LogP contribution in [0.4, 0.5) is 10.5 Å². The van der Waals surface area contributed by atoms with Crippen LogP contribution in [0.5, 0.6) is 28.7 Å². The first-order valence-corrected chi connectivity index (χ1v) is 14.2. The second-order valence-electron chi connectivity index (χ2n) is 8.35. The molecule has 11 nitrogen and oxygen atoms in total. The molecule has 0 spiro atoms. The SMILES string of the molecule is CCOC(=O)CN(C(=O)Oc1ccc(OC)cc1)c1ccc(Oc2ccc(OC)c(S(=O)(=O)N(C)C)c2)c(Cl)c1Cl. The van der Waals surface area contributed by atoms with Gasteiger partial charge in [-0.05, 0) is 55.5 Å². The Hall–Kier alpha value is -3.71. The quantitative estimate of drug-likeness (QED) is 0.249. The van der Waals surface area contributed by atoms with Gasteiger partial charge in [-0.25, -0.2) is 17.5 Å². The van der Waals surface area contributed by atoms with E-state index in [0.717, 1.165) is 9.21 Å². The Morgan fingerprint density at radius 2 is 1.44 bits per heavy atom. The second-order valence-corrected chi connectivity index (χ2v) is 11.2. The molecule has 0 fully saturated rings. The minimum absolute atomic E-state index is 0.0428. The third kappa shape index (κ3) is 7.53. The minimum Gasteiger partial charge on any atom is -0.497 e. The first kappa shape index (κ1) is 31.8. The molecule has 0 aliphatic carbocycles. The van der Waals surface area contributed by atoms with E-state index >= 15 is 0 Å². The summed E-state index contributed by atoms with van der Waals surface area (Å²) < 4.78 is 53.2. The number of halogens is 2. The molecule has 1 amide bonds.